The maximum absolute atomic E-state index is 12.0. The van der Waals surface area contributed by atoms with E-state index in [4.69, 9.17) is 4.42 Å². The highest BCUT2D eigenvalue weighted by molar-refractivity contribution is 9.10. The summed E-state index contributed by atoms with van der Waals surface area (Å²) in [6, 6.07) is 7.56. The number of hydrogen-bond acceptors (Lipinski definition) is 8. The molecule has 0 saturated carbocycles. The molecular formula is C15H14BrN5O2S2. The van der Waals surface area contributed by atoms with E-state index in [9.17, 15) is 4.79 Å². The normalized spacial score (nSPS) is 11.0. The second kappa shape index (κ2) is 8.07. The van der Waals surface area contributed by atoms with Crippen molar-refractivity contribution in [1.82, 2.24) is 20.4 Å². The fraction of sp³-hybridized carbons (Fsp3) is 0.267. The number of carbonyl (C=O) groups is 1. The molecule has 3 aromatic rings. The van der Waals surface area contributed by atoms with Crippen LogP contribution in [-0.2, 0) is 4.79 Å². The van der Waals surface area contributed by atoms with Crippen LogP contribution in [0.25, 0.3) is 11.5 Å². The van der Waals surface area contributed by atoms with Crippen molar-refractivity contribution in [2.75, 3.05) is 11.1 Å². The van der Waals surface area contributed by atoms with Crippen LogP contribution in [0, 0.1) is 0 Å². The Labute approximate surface area is 160 Å². The van der Waals surface area contributed by atoms with Gasteiger partial charge in [0.05, 0.1) is 11.3 Å². The third-order valence-corrected chi connectivity index (χ3v) is 5.67. The van der Waals surface area contributed by atoms with Crippen LogP contribution < -0.4 is 5.32 Å². The summed E-state index contributed by atoms with van der Waals surface area (Å²) in [6.45, 7) is 4.06. The number of rotatable bonds is 6. The van der Waals surface area contributed by atoms with E-state index < -0.39 is 0 Å². The first-order valence-corrected chi connectivity index (χ1v) is 9.97. The number of anilines is 1. The van der Waals surface area contributed by atoms with Crippen LogP contribution in [0.3, 0.4) is 0 Å². The number of carbonyl (C=O) groups excluding carboxylic acids is 1. The van der Waals surface area contributed by atoms with Gasteiger partial charge in [-0.2, -0.15) is 0 Å². The summed E-state index contributed by atoms with van der Waals surface area (Å²) in [4.78, 5) is 12.0. The molecule has 0 spiro atoms. The van der Waals surface area contributed by atoms with Crippen molar-refractivity contribution in [3.63, 3.8) is 0 Å². The number of benzene rings is 1. The number of amides is 1. The largest absolute Gasteiger partial charge is 0.411 e. The molecule has 1 amide bonds. The molecule has 0 saturated heterocycles. The molecule has 130 valence electrons. The number of thioether (sulfide) groups is 1. The molecule has 2 heterocycles. The van der Waals surface area contributed by atoms with Crippen LogP contribution in [0.5, 0.6) is 0 Å². The monoisotopic (exact) mass is 439 g/mol. The average molecular weight is 440 g/mol. The van der Waals surface area contributed by atoms with Crippen LogP contribution in [0.4, 0.5) is 5.13 Å². The van der Waals surface area contributed by atoms with Gasteiger partial charge in [0.25, 0.3) is 5.22 Å². The summed E-state index contributed by atoms with van der Waals surface area (Å²) in [5, 5.41) is 20.4. The topological polar surface area (TPSA) is 93.8 Å². The summed E-state index contributed by atoms with van der Waals surface area (Å²) in [7, 11) is 0. The SMILES string of the molecule is CC(C)c1nnc(NC(=O)CSc2nnc(-c3ccccc3Br)o2)s1. The highest BCUT2D eigenvalue weighted by Gasteiger charge is 2.14. The van der Waals surface area contributed by atoms with Crippen molar-refractivity contribution >= 4 is 50.1 Å². The summed E-state index contributed by atoms with van der Waals surface area (Å²) in [6.07, 6.45) is 0. The van der Waals surface area contributed by atoms with E-state index >= 15 is 0 Å². The third-order valence-electron chi connectivity index (χ3n) is 3.02. The van der Waals surface area contributed by atoms with Crippen molar-refractivity contribution in [3.8, 4) is 11.5 Å². The van der Waals surface area contributed by atoms with Crippen molar-refractivity contribution in [2.45, 2.75) is 25.0 Å². The highest BCUT2D eigenvalue weighted by Crippen LogP contribution is 2.29. The number of nitrogens with one attached hydrogen (secondary N) is 1. The number of hydrogen-bond donors (Lipinski definition) is 1. The van der Waals surface area contributed by atoms with Gasteiger partial charge in [0.15, 0.2) is 0 Å². The Hall–Kier alpha value is -1.78. The molecular weight excluding hydrogens is 426 g/mol. The van der Waals surface area contributed by atoms with Gasteiger partial charge in [-0.25, -0.2) is 0 Å². The van der Waals surface area contributed by atoms with E-state index in [0.717, 1.165) is 15.0 Å². The van der Waals surface area contributed by atoms with E-state index in [-0.39, 0.29) is 17.6 Å². The molecule has 0 fully saturated rings. The second-order valence-electron chi connectivity index (χ2n) is 5.29. The maximum Gasteiger partial charge on any atom is 0.277 e. The lowest BCUT2D eigenvalue weighted by Crippen LogP contribution is -2.13. The van der Waals surface area contributed by atoms with Gasteiger partial charge in [0, 0.05) is 10.4 Å². The smallest absolute Gasteiger partial charge is 0.277 e. The van der Waals surface area contributed by atoms with E-state index in [1.165, 1.54) is 23.1 Å². The Morgan fingerprint density at radius 3 is 2.80 bits per heavy atom. The fourth-order valence-electron chi connectivity index (χ4n) is 1.81. The molecule has 0 radical (unpaired) electrons. The van der Waals surface area contributed by atoms with Crippen LogP contribution in [0.2, 0.25) is 0 Å². The van der Waals surface area contributed by atoms with Gasteiger partial charge in [-0.15, -0.1) is 20.4 Å². The van der Waals surface area contributed by atoms with Crippen molar-refractivity contribution in [1.29, 1.82) is 0 Å². The molecule has 0 aliphatic heterocycles. The van der Waals surface area contributed by atoms with E-state index in [2.05, 4.69) is 41.6 Å². The lowest BCUT2D eigenvalue weighted by Gasteiger charge is -1.99. The fourth-order valence-corrected chi connectivity index (χ4v) is 3.59. The molecule has 0 bridgehead atoms. The Morgan fingerprint density at radius 1 is 1.28 bits per heavy atom. The molecule has 0 aliphatic rings. The summed E-state index contributed by atoms with van der Waals surface area (Å²) < 4.78 is 6.46. The van der Waals surface area contributed by atoms with Crippen LogP contribution >= 0.6 is 39.0 Å². The number of halogens is 1. The van der Waals surface area contributed by atoms with Gasteiger partial charge < -0.3 is 4.42 Å². The third kappa shape index (κ3) is 4.65. The van der Waals surface area contributed by atoms with E-state index in [1.54, 1.807) is 0 Å². The van der Waals surface area contributed by atoms with E-state index in [1.807, 2.05) is 38.1 Å². The van der Waals surface area contributed by atoms with Gasteiger partial charge in [0.1, 0.15) is 5.01 Å². The molecule has 1 N–H and O–H groups in total. The Balaban J connectivity index is 1.56. The molecule has 1 aromatic carbocycles. The van der Waals surface area contributed by atoms with E-state index in [0.29, 0.717) is 16.2 Å². The minimum Gasteiger partial charge on any atom is -0.411 e. The minimum absolute atomic E-state index is 0.147. The molecule has 0 atom stereocenters. The maximum atomic E-state index is 12.0. The van der Waals surface area contributed by atoms with Crippen molar-refractivity contribution in [3.05, 3.63) is 33.7 Å². The molecule has 3 rings (SSSR count). The van der Waals surface area contributed by atoms with Gasteiger partial charge >= 0.3 is 0 Å². The number of aromatic nitrogens is 4. The molecule has 7 nitrogen and oxygen atoms in total. The number of nitrogens with zero attached hydrogens (tertiary/aromatic N) is 4. The van der Waals surface area contributed by atoms with Gasteiger partial charge in [-0.1, -0.05) is 49.1 Å². The summed E-state index contributed by atoms with van der Waals surface area (Å²) in [5.74, 6) is 0.638. The predicted molar refractivity (Wildman–Crippen MR) is 101 cm³/mol. The van der Waals surface area contributed by atoms with Gasteiger partial charge in [0.2, 0.25) is 16.9 Å². The van der Waals surface area contributed by atoms with Crippen LogP contribution in [0.1, 0.15) is 24.8 Å². The second-order valence-corrected chi connectivity index (χ2v) is 8.08. The van der Waals surface area contributed by atoms with Gasteiger partial charge in [-0.3, -0.25) is 10.1 Å². The average Bonchev–Trinajstić information content (AvgIpc) is 3.23. The Bertz CT molecular complexity index is 880. The van der Waals surface area contributed by atoms with Crippen molar-refractivity contribution in [2.24, 2.45) is 0 Å². The zero-order valence-electron chi connectivity index (χ0n) is 13.4. The zero-order chi connectivity index (χ0) is 17.8. The summed E-state index contributed by atoms with van der Waals surface area (Å²) in [5.41, 5.74) is 0.807. The molecule has 10 heteroatoms. The first-order chi connectivity index (χ1) is 12.0. The predicted octanol–water partition coefficient (Wildman–Crippen LogP) is 4.20. The first kappa shape index (κ1) is 18.0. The molecule has 0 aliphatic carbocycles. The molecule has 0 unspecified atom stereocenters. The minimum atomic E-state index is -0.197. The standard InChI is InChI=1S/C15H14BrN5O2S2/c1-8(2)13-19-20-14(25-13)17-11(22)7-24-15-21-18-12(23-15)9-5-3-4-6-10(9)16/h3-6,8H,7H2,1-2H3,(H,17,20,22). The Kier molecular flexibility index (Phi) is 5.82. The summed E-state index contributed by atoms with van der Waals surface area (Å²) >= 11 is 5.99. The molecule has 2 aromatic heterocycles. The van der Waals surface area contributed by atoms with Crippen molar-refractivity contribution < 1.29 is 9.21 Å². The van der Waals surface area contributed by atoms with Gasteiger partial charge in [-0.05, 0) is 28.1 Å². The lowest BCUT2D eigenvalue weighted by molar-refractivity contribution is -0.113. The lowest BCUT2D eigenvalue weighted by atomic mass is 10.2. The highest BCUT2D eigenvalue weighted by atomic mass is 79.9. The van der Waals surface area contributed by atoms with Crippen LogP contribution in [0.15, 0.2) is 38.4 Å². The Morgan fingerprint density at radius 2 is 2.08 bits per heavy atom. The quantitative estimate of drug-likeness (QED) is 0.574. The van der Waals surface area contributed by atoms with Crippen LogP contribution in [-0.4, -0.2) is 32.1 Å². The molecule has 25 heavy (non-hydrogen) atoms. The first-order valence-electron chi connectivity index (χ1n) is 7.37. The zero-order valence-corrected chi connectivity index (χ0v) is 16.6.